The molecule has 2 nitrogen and oxygen atoms in total. The van der Waals surface area contributed by atoms with Crippen LogP contribution < -0.4 is 0 Å². The van der Waals surface area contributed by atoms with Crippen molar-refractivity contribution in [2.45, 2.75) is 54.9 Å². The highest BCUT2D eigenvalue weighted by Crippen LogP contribution is 2.61. The van der Waals surface area contributed by atoms with Gasteiger partial charge < -0.3 is 4.74 Å². The second-order valence-corrected chi connectivity index (χ2v) is 12.2. The number of rotatable bonds is 10. The summed E-state index contributed by atoms with van der Waals surface area (Å²) in [5.74, 6) is 0.132. The van der Waals surface area contributed by atoms with Crippen LogP contribution in [0.1, 0.15) is 54.9 Å². The number of hydrogen-bond donors (Lipinski definition) is 0. The predicted octanol–water partition coefficient (Wildman–Crippen LogP) is 5.24. The van der Waals surface area contributed by atoms with Crippen LogP contribution in [0.3, 0.4) is 0 Å². The Morgan fingerprint density at radius 1 is 1.19 bits per heavy atom. The normalized spacial score (nSPS) is 13.9. The van der Waals surface area contributed by atoms with Crippen molar-refractivity contribution in [3.63, 3.8) is 0 Å². The summed E-state index contributed by atoms with van der Waals surface area (Å²) in [5, 5.41) is 0. The van der Waals surface area contributed by atoms with E-state index in [0.717, 1.165) is 6.42 Å². The van der Waals surface area contributed by atoms with E-state index in [-0.39, 0.29) is 5.97 Å². The number of esters is 1. The largest absolute Gasteiger partial charge is 0.462 e. The molecular weight excluding hydrogens is 279 g/mol. The van der Waals surface area contributed by atoms with Crippen LogP contribution in [-0.2, 0) is 9.53 Å². The van der Waals surface area contributed by atoms with Crippen LogP contribution in [0, 0.1) is 11.3 Å². The first-order chi connectivity index (χ1) is 9.61. The topological polar surface area (TPSA) is 26.3 Å². The van der Waals surface area contributed by atoms with Gasteiger partial charge >= 0.3 is 5.97 Å². The minimum absolute atomic E-state index is 0.267. The SMILES string of the molecule is C=C(C)C(=O)OCC(C)CC(C)(C)C[P+](CC)(CC)CC. The van der Waals surface area contributed by atoms with E-state index in [4.69, 9.17) is 4.74 Å². The number of hydrogen-bond acceptors (Lipinski definition) is 2. The minimum Gasteiger partial charge on any atom is -0.462 e. The Morgan fingerprint density at radius 3 is 2.05 bits per heavy atom. The molecule has 0 saturated heterocycles. The monoisotopic (exact) mass is 315 g/mol. The highest BCUT2D eigenvalue weighted by atomic mass is 31.2. The fourth-order valence-electron chi connectivity index (χ4n) is 3.32. The Kier molecular flexibility index (Phi) is 8.78. The minimum atomic E-state index is -0.792. The molecule has 1 atom stereocenters. The second-order valence-electron chi connectivity index (χ2n) is 7.30. The van der Waals surface area contributed by atoms with Crippen LogP contribution in [0.4, 0.5) is 0 Å². The first-order valence-corrected chi connectivity index (χ1v) is 10.8. The third kappa shape index (κ3) is 7.45. The molecular formula is C18H36O2P+. The van der Waals surface area contributed by atoms with E-state index in [0.29, 0.717) is 23.5 Å². The van der Waals surface area contributed by atoms with Crippen molar-refractivity contribution in [3.8, 4) is 0 Å². The van der Waals surface area contributed by atoms with Gasteiger partial charge in [-0.25, -0.2) is 4.79 Å². The summed E-state index contributed by atoms with van der Waals surface area (Å²) in [7, 11) is -0.792. The zero-order valence-corrected chi connectivity index (χ0v) is 16.2. The first-order valence-electron chi connectivity index (χ1n) is 8.29. The van der Waals surface area contributed by atoms with Crippen molar-refractivity contribution >= 4 is 13.2 Å². The number of carbonyl (C=O) groups is 1. The molecule has 0 aromatic rings. The fraction of sp³-hybridized carbons (Fsp3) is 0.833. The van der Waals surface area contributed by atoms with Gasteiger partial charge in [0.15, 0.2) is 0 Å². The van der Waals surface area contributed by atoms with E-state index in [1.807, 2.05) is 0 Å². The molecule has 0 aliphatic carbocycles. The molecule has 21 heavy (non-hydrogen) atoms. The molecule has 0 amide bonds. The zero-order chi connectivity index (χ0) is 16.7. The van der Waals surface area contributed by atoms with Crippen LogP contribution in [0.15, 0.2) is 12.2 Å². The molecule has 3 heteroatoms. The molecule has 0 spiro atoms. The second kappa shape index (κ2) is 8.93. The lowest BCUT2D eigenvalue weighted by Crippen LogP contribution is -2.26. The van der Waals surface area contributed by atoms with Gasteiger partial charge in [-0.05, 0) is 45.4 Å². The summed E-state index contributed by atoms with van der Waals surface area (Å²) in [6, 6.07) is 0. The highest BCUT2D eigenvalue weighted by molar-refractivity contribution is 7.75. The smallest absolute Gasteiger partial charge is 0.333 e. The molecule has 0 saturated carbocycles. The van der Waals surface area contributed by atoms with Crippen molar-refractivity contribution in [1.29, 1.82) is 0 Å². The summed E-state index contributed by atoms with van der Waals surface area (Å²) in [6.07, 6.45) is 6.51. The van der Waals surface area contributed by atoms with Crippen LogP contribution >= 0.6 is 7.26 Å². The van der Waals surface area contributed by atoms with Gasteiger partial charge in [-0.3, -0.25) is 0 Å². The maximum atomic E-state index is 11.5. The van der Waals surface area contributed by atoms with Crippen molar-refractivity contribution < 1.29 is 9.53 Å². The van der Waals surface area contributed by atoms with Gasteiger partial charge in [0.1, 0.15) is 0 Å². The fourth-order valence-corrected chi connectivity index (χ4v) is 7.28. The van der Waals surface area contributed by atoms with Gasteiger partial charge in [0.2, 0.25) is 0 Å². The summed E-state index contributed by atoms with van der Waals surface area (Å²) in [5.41, 5.74) is 0.805. The molecule has 0 aliphatic heterocycles. The first kappa shape index (κ1) is 20.6. The lowest BCUT2D eigenvalue weighted by Gasteiger charge is -2.34. The number of carbonyl (C=O) groups excluding carboxylic acids is 1. The van der Waals surface area contributed by atoms with Gasteiger partial charge in [0.05, 0.1) is 31.3 Å². The van der Waals surface area contributed by atoms with Gasteiger partial charge in [-0.2, -0.15) is 0 Å². The van der Waals surface area contributed by atoms with E-state index in [9.17, 15) is 4.79 Å². The van der Waals surface area contributed by atoms with Gasteiger partial charge in [-0.15, -0.1) is 0 Å². The van der Waals surface area contributed by atoms with E-state index >= 15 is 0 Å². The molecule has 0 aliphatic rings. The van der Waals surface area contributed by atoms with Crippen molar-refractivity contribution in [2.24, 2.45) is 11.3 Å². The van der Waals surface area contributed by atoms with Gasteiger partial charge in [0.25, 0.3) is 0 Å². The van der Waals surface area contributed by atoms with Crippen LogP contribution in [0.5, 0.6) is 0 Å². The Hall–Kier alpha value is -0.360. The lowest BCUT2D eigenvalue weighted by atomic mass is 9.85. The van der Waals surface area contributed by atoms with E-state index in [1.54, 1.807) is 6.92 Å². The van der Waals surface area contributed by atoms with Gasteiger partial charge in [0, 0.05) is 12.8 Å². The average molecular weight is 315 g/mol. The summed E-state index contributed by atoms with van der Waals surface area (Å²) < 4.78 is 5.29. The van der Waals surface area contributed by atoms with E-state index < -0.39 is 7.26 Å². The Balaban J connectivity index is 4.51. The molecule has 0 radical (unpaired) electrons. The maximum Gasteiger partial charge on any atom is 0.333 e. The molecule has 0 rings (SSSR count). The highest BCUT2D eigenvalue weighted by Gasteiger charge is 2.38. The summed E-state index contributed by atoms with van der Waals surface area (Å²) >= 11 is 0. The lowest BCUT2D eigenvalue weighted by molar-refractivity contribution is -0.140. The Bertz CT molecular complexity index is 335. The predicted molar refractivity (Wildman–Crippen MR) is 96.7 cm³/mol. The van der Waals surface area contributed by atoms with E-state index in [1.165, 1.54) is 24.6 Å². The van der Waals surface area contributed by atoms with Gasteiger partial charge in [-0.1, -0.05) is 27.4 Å². The van der Waals surface area contributed by atoms with Crippen molar-refractivity contribution in [3.05, 3.63) is 12.2 Å². The quantitative estimate of drug-likeness (QED) is 0.313. The summed E-state index contributed by atoms with van der Waals surface area (Å²) in [6.45, 7) is 19.8. The van der Waals surface area contributed by atoms with E-state index in [2.05, 4.69) is 48.1 Å². The third-order valence-corrected chi connectivity index (χ3v) is 10.1. The standard InChI is InChI=1S/C18H36O2P/c1-9-21(10-2,11-3)14-18(7,8)12-16(6)13-20-17(19)15(4)5/h16H,4,9-14H2,1-3,5-8H3/q+1. The van der Waals surface area contributed by atoms with Crippen LogP contribution in [0.25, 0.3) is 0 Å². The molecule has 0 heterocycles. The van der Waals surface area contributed by atoms with Crippen molar-refractivity contribution in [2.75, 3.05) is 31.3 Å². The molecule has 124 valence electrons. The van der Waals surface area contributed by atoms with Crippen LogP contribution in [0.2, 0.25) is 0 Å². The van der Waals surface area contributed by atoms with Crippen molar-refractivity contribution in [1.82, 2.24) is 0 Å². The maximum absolute atomic E-state index is 11.5. The molecule has 0 fully saturated rings. The molecule has 0 aromatic carbocycles. The molecule has 0 N–H and O–H groups in total. The molecule has 0 bridgehead atoms. The Labute approximate surface area is 133 Å². The molecule has 1 unspecified atom stereocenters. The zero-order valence-electron chi connectivity index (χ0n) is 15.3. The third-order valence-electron chi connectivity index (χ3n) is 4.52. The van der Waals surface area contributed by atoms with Crippen LogP contribution in [-0.4, -0.2) is 37.2 Å². The summed E-state index contributed by atoms with van der Waals surface area (Å²) in [4.78, 5) is 11.5. The number of ether oxygens (including phenoxy) is 1. The average Bonchev–Trinajstić information content (AvgIpc) is 2.41. The molecule has 0 aromatic heterocycles. The Morgan fingerprint density at radius 2 is 1.67 bits per heavy atom.